The van der Waals surface area contributed by atoms with E-state index in [9.17, 15) is 0 Å². The van der Waals surface area contributed by atoms with E-state index in [1.54, 1.807) is 42.5 Å². The number of hydrogen-bond acceptors (Lipinski definition) is 0. The molecule has 14 aromatic rings. The second kappa shape index (κ2) is 45.2. The van der Waals surface area contributed by atoms with Crippen LogP contribution in [0.2, 0.25) is 0 Å². The Morgan fingerprint density at radius 3 is 1.29 bits per heavy atom. The molecule has 0 amide bonds. The summed E-state index contributed by atoms with van der Waals surface area (Å²) in [6.07, 6.45) is 18.5. The molecule has 7 radical (unpaired) electrons. The average molecular weight is 2050 g/mol. The van der Waals surface area contributed by atoms with Gasteiger partial charge in [-0.2, -0.15) is 41.0 Å². The van der Waals surface area contributed by atoms with Crippen molar-refractivity contribution in [2.45, 2.75) is 93.4 Å². The number of aryl methyl sites for hydroxylation is 6. The van der Waals surface area contributed by atoms with Gasteiger partial charge < -0.3 is 99.2 Å². The van der Waals surface area contributed by atoms with E-state index in [4.69, 9.17) is 46.1 Å². The smallest absolute Gasteiger partial charge is 0 e. The predicted molar refractivity (Wildman–Crippen MR) is 469 cm³/mol. The van der Waals surface area contributed by atoms with Gasteiger partial charge in [0.05, 0.1) is 0 Å². The van der Waals surface area contributed by atoms with Gasteiger partial charge in [0.1, 0.15) is 0 Å². The van der Waals surface area contributed by atoms with E-state index in [0.717, 1.165) is 89.5 Å². The van der Waals surface area contributed by atoms with Gasteiger partial charge in [-0.15, -0.1) is 79.9 Å². The molecular weight excluding hydrogens is 1970 g/mol. The Hall–Kier alpha value is -5.01. The summed E-state index contributed by atoms with van der Waals surface area (Å²) in [7, 11) is 0. The van der Waals surface area contributed by atoms with Crippen molar-refractivity contribution in [3.8, 4) is 77.9 Å². The van der Waals surface area contributed by atoms with Crippen LogP contribution in [0.5, 0.6) is 0 Å². The normalized spacial score (nSPS) is 11.4. The summed E-state index contributed by atoms with van der Waals surface area (Å²) in [5.74, 6) is 0. The van der Waals surface area contributed by atoms with E-state index >= 15 is 0 Å². The van der Waals surface area contributed by atoms with E-state index < -0.39 is 0 Å². The van der Waals surface area contributed by atoms with Crippen molar-refractivity contribution in [2.24, 2.45) is 0 Å². The Balaban J connectivity index is 0.000000171. The van der Waals surface area contributed by atoms with E-state index in [2.05, 4.69) is 279 Å². The maximum Gasteiger partial charge on any atom is 0 e. The van der Waals surface area contributed by atoms with Crippen molar-refractivity contribution < 1.29 is 229 Å². The summed E-state index contributed by atoms with van der Waals surface area (Å²) >= 11 is 0. The molecule has 0 aliphatic heterocycles. The zero-order valence-corrected chi connectivity index (χ0v) is 88.6. The second-order valence-corrected chi connectivity index (χ2v) is 29.9. The third-order valence-corrected chi connectivity index (χ3v) is 22.6. The summed E-state index contributed by atoms with van der Waals surface area (Å²) in [5, 5.41) is 0. The van der Waals surface area contributed by atoms with Crippen LogP contribution in [-0.2, 0) is 274 Å². The first-order valence-corrected chi connectivity index (χ1v) is 38.4. The van der Waals surface area contributed by atoms with Crippen LogP contribution in [0.4, 0.5) is 0 Å². The molecular formula is C112H84Y7-14. The molecule has 14 aromatic carbocycles. The zero-order valence-electron chi connectivity index (χ0n) is 68.8. The van der Waals surface area contributed by atoms with Gasteiger partial charge in [-0.25, -0.2) is 71.8 Å². The molecule has 0 bridgehead atoms. The molecule has 21 rings (SSSR count). The molecule has 7 aliphatic rings. The molecule has 7 heteroatoms. The van der Waals surface area contributed by atoms with Gasteiger partial charge in [-0.05, 0) is 111 Å². The average Bonchev–Trinajstić information content (AvgIpc) is 1.68. The molecule has 119 heavy (non-hydrogen) atoms. The van der Waals surface area contributed by atoms with Crippen LogP contribution >= 0.6 is 0 Å². The summed E-state index contributed by atoms with van der Waals surface area (Å²) in [4.78, 5) is 0. The molecule has 7 aliphatic carbocycles. The van der Waals surface area contributed by atoms with Crippen molar-refractivity contribution in [3.05, 3.63) is 457 Å². The Morgan fingerprint density at radius 2 is 0.723 bits per heavy atom. The van der Waals surface area contributed by atoms with Crippen molar-refractivity contribution >= 4 is 42.5 Å². The number of benzene rings is 14. The van der Waals surface area contributed by atoms with Gasteiger partial charge >= 0.3 is 0 Å². The van der Waals surface area contributed by atoms with Crippen LogP contribution < -0.4 is 0 Å². The number of rotatable bonds is 7. The minimum atomic E-state index is 0. The molecule has 0 saturated carbocycles. The van der Waals surface area contributed by atoms with Crippen LogP contribution in [0.25, 0.3) is 120 Å². The van der Waals surface area contributed by atoms with Crippen molar-refractivity contribution in [2.75, 3.05) is 0 Å². The Labute approximate surface area is 885 Å². The van der Waals surface area contributed by atoms with Gasteiger partial charge in [-0.3, -0.25) is 28.3 Å². The SMILES string of the molecule is [CH-]=Cc1[c-]c(C)c2c(c1)-c1ccccc1C2.[CH-]=Cc1[c-]c(C)cc2c1Cc1ccccc1-2.[CH-]=Cc1[c-]c2c(cc1)-c1c(C)cccc1C2.[CH-]=Cc1[c-]c2c(cc1)Cc1ccc(C)cc1-2.[CH-]=Cc1[c-]cc2c(c1C)Cc1ccccc1-2.[CH-]=Cc1[c-]ccc2c1-c1ccc(C)cc1C2.[CH-]=Cc1[c-]ccc2c1-c1ccc(C)cc1C2.[Y].[Y].[Y].[Y].[Y].[Y].[Y]. The predicted octanol–water partition coefficient (Wildman–Crippen LogP) is 26.7. The number of fused-ring (bicyclic) bond motifs is 21. The summed E-state index contributed by atoms with van der Waals surface area (Å²) in [6, 6.07) is 97.9. The summed E-state index contributed by atoms with van der Waals surface area (Å²) in [5.41, 5.74) is 53.5. The largest absolute Gasteiger partial charge is 0.344 e. The van der Waals surface area contributed by atoms with Crippen LogP contribution in [0.3, 0.4) is 0 Å². The Morgan fingerprint density at radius 1 is 0.269 bits per heavy atom. The topological polar surface area (TPSA) is 0 Å². The molecule has 0 atom stereocenters. The van der Waals surface area contributed by atoms with E-state index in [1.807, 2.05) is 24.3 Å². The monoisotopic (exact) mass is 2050 g/mol. The Bertz CT molecular complexity index is 6060. The van der Waals surface area contributed by atoms with Crippen LogP contribution in [0, 0.1) is 137 Å². The van der Waals surface area contributed by atoms with Gasteiger partial charge in [0.2, 0.25) is 0 Å². The van der Waals surface area contributed by atoms with E-state index in [-0.39, 0.29) is 229 Å². The maximum atomic E-state index is 5.67. The minimum Gasteiger partial charge on any atom is -0.344 e. The Kier molecular flexibility index (Phi) is 37.8. The summed E-state index contributed by atoms with van der Waals surface area (Å²) in [6.45, 7) is 54.1. The fraction of sp³-hybridized carbons (Fsp3) is 0.125. The quantitative estimate of drug-likeness (QED) is 0.140. The van der Waals surface area contributed by atoms with Crippen molar-refractivity contribution in [3.63, 3.8) is 0 Å². The third kappa shape index (κ3) is 21.6. The maximum absolute atomic E-state index is 5.67. The van der Waals surface area contributed by atoms with E-state index in [0.29, 0.717) is 0 Å². The van der Waals surface area contributed by atoms with Gasteiger partial charge in [0.25, 0.3) is 0 Å². The zero-order chi connectivity index (χ0) is 77.8. The van der Waals surface area contributed by atoms with Gasteiger partial charge in [0.15, 0.2) is 0 Å². The molecule has 0 aromatic heterocycles. The first-order chi connectivity index (χ1) is 54.5. The molecule has 0 nitrogen and oxygen atoms in total. The van der Waals surface area contributed by atoms with Crippen LogP contribution in [0.15, 0.2) is 212 Å². The molecule has 0 unspecified atom stereocenters. The van der Waals surface area contributed by atoms with Crippen molar-refractivity contribution in [1.82, 2.24) is 0 Å². The van der Waals surface area contributed by atoms with Crippen LogP contribution in [0.1, 0.15) is 156 Å². The summed E-state index contributed by atoms with van der Waals surface area (Å²) < 4.78 is 0. The molecule has 0 spiro atoms. The van der Waals surface area contributed by atoms with Crippen LogP contribution in [-0.4, -0.2) is 0 Å². The molecule has 0 heterocycles. The first kappa shape index (κ1) is 99.4. The van der Waals surface area contributed by atoms with Gasteiger partial charge in [0, 0.05) is 229 Å². The molecule has 0 saturated heterocycles. The standard InChI is InChI=1S/7C16H12.7Y/c1-3-12-5-7-14-10-13-6-4-11(2)8-15(13)16(14)9-12;2*1-3-12-5-4-6-13-10-14-9-11(2)7-8-15(14)16(12)13;1-3-12-7-8-15-14(9-12)10-13-6-4-5-11(2)16(13)15;1-3-12-8-11(2)15-10-13-6-4-5-7-14(13)16(15)9-12;1-3-12-8-11(2)9-16-14-7-5-4-6-13(14)10-15(12)16;1-3-12-8-9-15-14-7-5-4-6-13(14)10-16(15)11(12)2;;;;;;;/h1,3-8H,10H2,2H3;2*1,3-4,6-9H,10H2,2H3;1,3-8H,10H2,2H3;3*1,3-7,9H,10H2,2H3;;;;;;;/q7*-2;;;;;;;. The first-order valence-electron chi connectivity index (χ1n) is 38.4. The number of hydrogen-bond donors (Lipinski definition) is 0. The fourth-order valence-electron chi connectivity index (χ4n) is 17.1. The van der Waals surface area contributed by atoms with E-state index in [1.165, 1.54) is 189 Å². The fourth-order valence-corrected chi connectivity index (χ4v) is 17.1. The second-order valence-electron chi connectivity index (χ2n) is 29.9. The van der Waals surface area contributed by atoms with Crippen molar-refractivity contribution in [1.29, 1.82) is 0 Å². The molecule has 0 N–H and O–H groups in total. The minimum absolute atomic E-state index is 0. The molecule has 567 valence electrons. The molecule has 0 fully saturated rings. The third-order valence-electron chi connectivity index (χ3n) is 22.6. The van der Waals surface area contributed by atoms with Gasteiger partial charge in [-0.1, -0.05) is 240 Å².